The van der Waals surface area contributed by atoms with Gasteiger partial charge in [0.15, 0.2) is 0 Å². The third-order valence-electron chi connectivity index (χ3n) is 11.0. The first-order chi connectivity index (χ1) is 27.4. The Morgan fingerprint density at radius 2 is 1.28 bits per heavy atom. The summed E-state index contributed by atoms with van der Waals surface area (Å²) < 4.78 is 6.49. The second kappa shape index (κ2) is 16.6. The van der Waals surface area contributed by atoms with Crippen molar-refractivity contribution in [2.24, 2.45) is 30.5 Å². The number of imidazole rings is 2. The van der Waals surface area contributed by atoms with Crippen molar-refractivity contribution in [2.75, 3.05) is 30.9 Å². The minimum absolute atomic E-state index is 0.00337. The fourth-order valence-corrected chi connectivity index (χ4v) is 7.92. The maximum Gasteiger partial charge on any atom is 0.320 e. The number of aryl methyl sites for hydroxylation is 1. The number of carbonyl (C=O) groups excluding carboxylic acids is 3. The van der Waals surface area contributed by atoms with Crippen LogP contribution in [0.15, 0.2) is 60.9 Å². The van der Waals surface area contributed by atoms with E-state index < -0.39 is 17.9 Å². The van der Waals surface area contributed by atoms with Gasteiger partial charge in [-0.2, -0.15) is 4.98 Å². The van der Waals surface area contributed by atoms with Gasteiger partial charge in [-0.1, -0.05) is 76.2 Å². The van der Waals surface area contributed by atoms with Crippen LogP contribution < -0.4 is 16.8 Å². The molecule has 16 heteroatoms. The number of nitrogen functional groups attached to an aromatic ring is 1. The number of nitrogens with one attached hydrogen (secondary N) is 3. The second-order valence-electron chi connectivity index (χ2n) is 15.5. The van der Waals surface area contributed by atoms with Crippen LogP contribution in [0.4, 0.5) is 11.9 Å². The van der Waals surface area contributed by atoms with Crippen LogP contribution in [-0.4, -0.2) is 88.1 Å². The van der Waals surface area contributed by atoms with Crippen LogP contribution in [0.3, 0.4) is 0 Å². The number of anilines is 2. The molecule has 0 aliphatic carbocycles. The van der Waals surface area contributed by atoms with Crippen molar-refractivity contribution in [2.45, 2.75) is 71.5 Å². The van der Waals surface area contributed by atoms with E-state index in [1.165, 1.54) is 4.68 Å². The van der Waals surface area contributed by atoms with Crippen molar-refractivity contribution in [1.29, 1.82) is 0 Å². The van der Waals surface area contributed by atoms with Crippen LogP contribution in [-0.2, 0) is 26.2 Å². The van der Waals surface area contributed by atoms with Gasteiger partial charge in [-0.15, -0.1) is 5.10 Å². The Hall–Kier alpha value is -6.03. The number of aromatic amines is 2. The molecule has 2 fully saturated rings. The number of hydrogen-bond acceptors (Lipinski definition) is 11. The molecule has 2 saturated heterocycles. The standard InChI is InChI=1S/C41H52N12O4/c1-23(2)33(39(56)57-22-42)37(54)52-18-6-8-31(52)35-44-20-29(46-35)27-14-10-25(11-15-27)26-12-16-28(17-13-26)30-21-45-36(47-30)32-9-7-19-53(32)38(55)34(24(3)4)48-41-49-40(43)51(5)50-41/h10-17,20-21,23-24,31-34H,6-9,18-19,22,42H2,1-5H3,(H,44,46)(H,45,47)(H3,43,48,49,50)/t31-,32-,33-,34-/m0/s1. The van der Waals surface area contributed by atoms with Gasteiger partial charge < -0.3 is 35.6 Å². The maximum atomic E-state index is 13.9. The summed E-state index contributed by atoms with van der Waals surface area (Å²) in [6.07, 6.45) is 6.89. The Kier molecular flexibility index (Phi) is 11.4. The first-order valence-electron chi connectivity index (χ1n) is 19.6. The van der Waals surface area contributed by atoms with E-state index in [0.29, 0.717) is 24.9 Å². The Morgan fingerprint density at radius 1 is 0.789 bits per heavy atom. The topological polar surface area (TPSA) is 219 Å². The molecule has 2 aliphatic heterocycles. The minimum atomic E-state index is -0.911. The van der Waals surface area contributed by atoms with Gasteiger partial charge in [-0.3, -0.25) is 20.1 Å². The molecule has 4 atom stereocenters. The van der Waals surface area contributed by atoms with Crippen molar-refractivity contribution in [3.63, 3.8) is 0 Å². The van der Waals surface area contributed by atoms with E-state index in [0.717, 1.165) is 65.1 Å². The van der Waals surface area contributed by atoms with E-state index >= 15 is 0 Å². The summed E-state index contributed by atoms with van der Waals surface area (Å²) in [5.41, 5.74) is 17.1. The highest BCUT2D eigenvalue weighted by atomic mass is 16.5. The van der Waals surface area contributed by atoms with Gasteiger partial charge in [-0.25, -0.2) is 14.6 Å². The van der Waals surface area contributed by atoms with Gasteiger partial charge in [0, 0.05) is 20.1 Å². The first kappa shape index (κ1) is 39.2. The molecular formula is C41H52N12O4. The highest BCUT2D eigenvalue weighted by Crippen LogP contribution is 2.36. The lowest BCUT2D eigenvalue weighted by molar-refractivity contribution is -0.158. The Balaban J connectivity index is 0.999. The van der Waals surface area contributed by atoms with E-state index in [2.05, 4.69) is 66.7 Å². The molecule has 7 rings (SSSR count). The third-order valence-corrected chi connectivity index (χ3v) is 11.0. The summed E-state index contributed by atoms with van der Waals surface area (Å²) in [6.45, 7) is 8.60. The number of aromatic nitrogens is 7. The van der Waals surface area contributed by atoms with Gasteiger partial charge in [0.1, 0.15) is 30.3 Å². The van der Waals surface area contributed by atoms with Crippen molar-refractivity contribution >= 4 is 29.7 Å². The lowest BCUT2D eigenvalue weighted by Crippen LogP contribution is -2.45. The number of rotatable bonds is 13. The predicted octanol–water partition coefficient (Wildman–Crippen LogP) is 5.04. The average Bonchev–Trinajstić information content (AvgIpc) is 4.04. The van der Waals surface area contributed by atoms with Crippen LogP contribution in [0.2, 0.25) is 0 Å². The van der Waals surface area contributed by atoms with E-state index in [-0.39, 0.29) is 48.4 Å². The average molecular weight is 777 g/mol. The Bertz CT molecular complexity index is 2170. The molecule has 5 aromatic rings. The van der Waals surface area contributed by atoms with Crippen LogP contribution in [0.1, 0.15) is 77.1 Å². The number of ether oxygens (including phenoxy) is 1. The van der Waals surface area contributed by atoms with E-state index in [4.69, 9.17) is 21.2 Å². The van der Waals surface area contributed by atoms with Crippen LogP contribution in [0.25, 0.3) is 33.6 Å². The number of nitrogens with two attached hydrogens (primary N) is 2. The third kappa shape index (κ3) is 8.12. The van der Waals surface area contributed by atoms with Crippen LogP contribution in [0, 0.1) is 17.8 Å². The van der Waals surface area contributed by atoms with E-state index in [1.54, 1.807) is 18.1 Å². The fourth-order valence-electron chi connectivity index (χ4n) is 7.92. The number of H-pyrrole nitrogens is 2. The van der Waals surface area contributed by atoms with Gasteiger partial charge in [0.25, 0.3) is 0 Å². The molecular weight excluding hydrogens is 725 g/mol. The molecule has 0 unspecified atom stereocenters. The van der Waals surface area contributed by atoms with Crippen LogP contribution in [0.5, 0.6) is 0 Å². The quantitative estimate of drug-likeness (QED) is 0.0606. The molecule has 0 bridgehead atoms. The molecule has 0 spiro atoms. The lowest BCUT2D eigenvalue weighted by Gasteiger charge is -2.30. The molecule has 0 saturated carbocycles. The largest absolute Gasteiger partial charge is 0.449 e. The molecule has 3 aromatic heterocycles. The monoisotopic (exact) mass is 776 g/mol. The van der Waals surface area contributed by atoms with Gasteiger partial charge in [0.05, 0.1) is 35.9 Å². The number of nitrogens with zero attached hydrogens (tertiary/aromatic N) is 7. The van der Waals surface area contributed by atoms with E-state index in [1.807, 2.05) is 50.9 Å². The SMILES string of the molecule is CC(C)[C@H](C(=O)OCN)C(=O)N1CCC[C@H]1c1ncc(-c2ccc(-c3ccc(-c4cnc([C@@H]5CCCN5C(=O)[C@@H](Nc5nc(N)n(C)n5)C(C)C)[nH]4)cc3)cc2)[nH]1. The van der Waals surface area contributed by atoms with E-state index in [9.17, 15) is 14.4 Å². The van der Waals surface area contributed by atoms with Crippen molar-refractivity contribution in [1.82, 2.24) is 44.5 Å². The van der Waals surface area contributed by atoms with Gasteiger partial charge in [-0.05, 0) is 59.8 Å². The summed E-state index contributed by atoms with van der Waals surface area (Å²) in [7, 11) is 1.71. The van der Waals surface area contributed by atoms with Crippen LogP contribution >= 0.6 is 0 Å². The van der Waals surface area contributed by atoms with Crippen molar-refractivity contribution in [3.05, 3.63) is 72.6 Å². The normalized spacial score (nSPS) is 18.0. The zero-order valence-corrected chi connectivity index (χ0v) is 33.1. The first-order valence-corrected chi connectivity index (χ1v) is 19.6. The maximum absolute atomic E-state index is 13.9. The second-order valence-corrected chi connectivity index (χ2v) is 15.5. The molecule has 300 valence electrons. The Labute approximate surface area is 331 Å². The number of likely N-dealkylation sites (tertiary alicyclic amines) is 2. The smallest absolute Gasteiger partial charge is 0.320 e. The highest BCUT2D eigenvalue weighted by molar-refractivity contribution is 5.98. The summed E-state index contributed by atoms with van der Waals surface area (Å²) >= 11 is 0. The number of hydrogen-bond donors (Lipinski definition) is 5. The molecule has 2 aliphatic rings. The predicted molar refractivity (Wildman–Crippen MR) is 216 cm³/mol. The molecule has 5 heterocycles. The molecule has 2 aromatic carbocycles. The van der Waals surface area contributed by atoms with Crippen molar-refractivity contribution < 1.29 is 19.1 Å². The minimum Gasteiger partial charge on any atom is -0.449 e. The summed E-state index contributed by atoms with van der Waals surface area (Å²) in [5.74, 6) is 0.0589. The fraction of sp³-hybridized carbons (Fsp3) is 0.439. The molecule has 2 amide bonds. The molecule has 7 N–H and O–H groups in total. The number of benzene rings is 2. The number of amides is 2. The zero-order valence-electron chi connectivity index (χ0n) is 33.1. The summed E-state index contributed by atoms with van der Waals surface area (Å²) in [4.78, 5) is 64.2. The summed E-state index contributed by atoms with van der Waals surface area (Å²) in [6, 6.07) is 15.6. The Morgan fingerprint density at radius 3 is 1.72 bits per heavy atom. The highest BCUT2D eigenvalue weighted by Gasteiger charge is 2.41. The molecule has 57 heavy (non-hydrogen) atoms. The summed E-state index contributed by atoms with van der Waals surface area (Å²) in [5, 5.41) is 7.49. The molecule has 16 nitrogen and oxygen atoms in total. The number of carbonyl (C=O) groups is 3. The number of esters is 1. The molecule has 0 radical (unpaired) electrons. The van der Waals surface area contributed by atoms with Gasteiger partial charge in [0.2, 0.25) is 23.7 Å². The lowest BCUT2D eigenvalue weighted by atomic mass is 9.94. The van der Waals surface area contributed by atoms with Gasteiger partial charge >= 0.3 is 5.97 Å². The van der Waals surface area contributed by atoms with Crippen molar-refractivity contribution in [3.8, 4) is 33.6 Å². The zero-order chi connectivity index (χ0) is 40.4.